The predicted octanol–water partition coefficient (Wildman–Crippen LogP) is 2.42. The Bertz CT molecular complexity index is 574. The number of nitrogens with zero attached hydrogens (tertiary/aromatic N) is 2. The van der Waals surface area contributed by atoms with Crippen molar-refractivity contribution < 1.29 is 4.79 Å². The normalized spacial score (nSPS) is 9.89. The van der Waals surface area contributed by atoms with E-state index in [2.05, 4.69) is 20.6 Å². The molecule has 0 aliphatic rings. The van der Waals surface area contributed by atoms with Crippen LogP contribution in [-0.4, -0.2) is 22.9 Å². The smallest absolute Gasteiger partial charge is 0.258 e. The molecule has 18 heavy (non-hydrogen) atoms. The lowest BCUT2D eigenvalue weighted by Crippen LogP contribution is -2.14. The molecule has 0 bridgehead atoms. The van der Waals surface area contributed by atoms with Crippen molar-refractivity contribution in [1.82, 2.24) is 9.97 Å². The first-order valence-electron chi connectivity index (χ1n) is 5.26. The number of carbonyl (C=O) groups is 1. The first kappa shape index (κ1) is 12.3. The number of halogens is 1. The van der Waals surface area contributed by atoms with Crippen LogP contribution in [0.25, 0.3) is 0 Å². The minimum absolute atomic E-state index is 0.255. The van der Waals surface area contributed by atoms with E-state index in [1.54, 1.807) is 19.2 Å². The first-order chi connectivity index (χ1) is 8.70. The lowest BCUT2D eigenvalue weighted by atomic mass is 10.1. The molecule has 0 atom stereocenters. The summed E-state index contributed by atoms with van der Waals surface area (Å²) in [5.41, 5.74) is 1.28. The standard InChI is InChI=1S/C12H11ClN4O/c1-14-9-5-3-2-4-8(9)12(18)17-11-6-10(13)15-7-16-11/h2-7,14H,1H3,(H,15,16,17,18). The number of nitrogens with one attached hydrogen (secondary N) is 2. The molecule has 2 N–H and O–H groups in total. The average Bonchev–Trinajstić information content (AvgIpc) is 2.38. The molecule has 2 rings (SSSR count). The molecule has 5 nitrogen and oxygen atoms in total. The van der Waals surface area contributed by atoms with Gasteiger partial charge in [-0.25, -0.2) is 9.97 Å². The fourth-order valence-corrected chi connectivity index (χ4v) is 1.63. The number of anilines is 2. The molecule has 0 aliphatic heterocycles. The van der Waals surface area contributed by atoms with Crippen LogP contribution in [0.2, 0.25) is 5.15 Å². The predicted molar refractivity (Wildman–Crippen MR) is 71.0 cm³/mol. The third-order valence-electron chi connectivity index (χ3n) is 2.32. The molecule has 6 heteroatoms. The summed E-state index contributed by atoms with van der Waals surface area (Å²) in [6.45, 7) is 0. The molecule has 0 radical (unpaired) electrons. The number of rotatable bonds is 3. The van der Waals surface area contributed by atoms with Gasteiger partial charge in [-0.15, -0.1) is 0 Å². The maximum Gasteiger partial charge on any atom is 0.258 e. The lowest BCUT2D eigenvalue weighted by molar-refractivity contribution is 0.102. The molecule has 0 unspecified atom stereocenters. The Hall–Kier alpha value is -2.14. The Balaban J connectivity index is 2.22. The molecule has 0 saturated carbocycles. The van der Waals surface area contributed by atoms with Crippen LogP contribution >= 0.6 is 11.6 Å². The highest BCUT2D eigenvalue weighted by Crippen LogP contribution is 2.16. The van der Waals surface area contributed by atoms with Crippen molar-refractivity contribution in [2.45, 2.75) is 0 Å². The van der Waals surface area contributed by atoms with E-state index in [1.807, 2.05) is 12.1 Å². The Morgan fingerprint density at radius 2 is 2.06 bits per heavy atom. The van der Waals surface area contributed by atoms with Crippen LogP contribution in [-0.2, 0) is 0 Å². The monoisotopic (exact) mass is 262 g/mol. The van der Waals surface area contributed by atoms with Crippen LogP contribution < -0.4 is 10.6 Å². The molecule has 1 heterocycles. The van der Waals surface area contributed by atoms with Crippen LogP contribution in [0.15, 0.2) is 36.7 Å². The van der Waals surface area contributed by atoms with Crippen LogP contribution in [0.3, 0.4) is 0 Å². The van der Waals surface area contributed by atoms with Crippen LogP contribution in [0.5, 0.6) is 0 Å². The van der Waals surface area contributed by atoms with Gasteiger partial charge in [0, 0.05) is 18.8 Å². The first-order valence-corrected chi connectivity index (χ1v) is 5.64. The topological polar surface area (TPSA) is 66.9 Å². The van der Waals surface area contributed by atoms with Crippen molar-refractivity contribution in [3.63, 3.8) is 0 Å². The Kier molecular flexibility index (Phi) is 3.74. The molecule has 92 valence electrons. The van der Waals surface area contributed by atoms with Gasteiger partial charge >= 0.3 is 0 Å². The van der Waals surface area contributed by atoms with Gasteiger partial charge in [0.25, 0.3) is 5.91 Å². The molecular formula is C12H11ClN4O. The highest BCUT2D eigenvalue weighted by molar-refractivity contribution is 6.29. The minimum Gasteiger partial charge on any atom is -0.387 e. The summed E-state index contributed by atoms with van der Waals surface area (Å²) in [6.07, 6.45) is 1.29. The second kappa shape index (κ2) is 5.46. The molecular weight excluding hydrogens is 252 g/mol. The summed E-state index contributed by atoms with van der Waals surface area (Å²) >= 11 is 5.72. The fraction of sp³-hybridized carbons (Fsp3) is 0.0833. The zero-order chi connectivity index (χ0) is 13.0. The summed E-state index contributed by atoms with van der Waals surface area (Å²) in [5.74, 6) is 0.112. The fourth-order valence-electron chi connectivity index (χ4n) is 1.48. The summed E-state index contributed by atoms with van der Waals surface area (Å²) in [5, 5.41) is 5.89. The van der Waals surface area contributed by atoms with E-state index >= 15 is 0 Å². The molecule has 1 aromatic carbocycles. The Morgan fingerprint density at radius 3 is 2.78 bits per heavy atom. The third-order valence-corrected chi connectivity index (χ3v) is 2.52. The highest BCUT2D eigenvalue weighted by Gasteiger charge is 2.10. The van der Waals surface area contributed by atoms with Crippen molar-refractivity contribution in [2.75, 3.05) is 17.7 Å². The van der Waals surface area contributed by atoms with Gasteiger partial charge in [0.2, 0.25) is 0 Å². The molecule has 0 aliphatic carbocycles. The summed E-state index contributed by atoms with van der Waals surface area (Å²) in [4.78, 5) is 19.7. The number of benzene rings is 1. The van der Waals surface area contributed by atoms with E-state index in [4.69, 9.17) is 11.6 Å². The zero-order valence-electron chi connectivity index (χ0n) is 9.64. The van der Waals surface area contributed by atoms with E-state index in [0.717, 1.165) is 5.69 Å². The van der Waals surface area contributed by atoms with Gasteiger partial charge in [-0.3, -0.25) is 4.79 Å². The largest absolute Gasteiger partial charge is 0.387 e. The second-order valence-corrected chi connectivity index (χ2v) is 3.86. The van der Waals surface area contributed by atoms with Crippen LogP contribution in [0.4, 0.5) is 11.5 Å². The number of aromatic nitrogens is 2. The maximum absolute atomic E-state index is 12.1. The molecule has 0 fully saturated rings. The van der Waals surface area contributed by atoms with Gasteiger partial charge < -0.3 is 10.6 Å². The van der Waals surface area contributed by atoms with E-state index in [0.29, 0.717) is 11.4 Å². The van der Waals surface area contributed by atoms with E-state index in [-0.39, 0.29) is 11.1 Å². The third kappa shape index (κ3) is 2.75. The number of hydrogen-bond acceptors (Lipinski definition) is 4. The van der Waals surface area contributed by atoms with Gasteiger partial charge in [0.1, 0.15) is 17.3 Å². The Morgan fingerprint density at radius 1 is 1.28 bits per heavy atom. The van der Waals surface area contributed by atoms with Gasteiger partial charge in [-0.2, -0.15) is 0 Å². The van der Waals surface area contributed by atoms with Crippen molar-refractivity contribution in [1.29, 1.82) is 0 Å². The average molecular weight is 263 g/mol. The summed E-state index contributed by atoms with van der Waals surface area (Å²) < 4.78 is 0. The zero-order valence-corrected chi connectivity index (χ0v) is 10.4. The summed E-state index contributed by atoms with van der Waals surface area (Å²) in [6, 6.07) is 8.68. The number of hydrogen-bond donors (Lipinski definition) is 2. The van der Waals surface area contributed by atoms with Crippen molar-refractivity contribution in [2.24, 2.45) is 0 Å². The SMILES string of the molecule is CNc1ccccc1C(=O)Nc1cc(Cl)ncn1. The number of carbonyl (C=O) groups excluding carboxylic acids is 1. The quantitative estimate of drug-likeness (QED) is 0.834. The van der Waals surface area contributed by atoms with Gasteiger partial charge in [-0.1, -0.05) is 23.7 Å². The van der Waals surface area contributed by atoms with E-state index in [9.17, 15) is 4.79 Å². The number of para-hydroxylation sites is 1. The summed E-state index contributed by atoms with van der Waals surface area (Å²) in [7, 11) is 1.76. The van der Waals surface area contributed by atoms with Gasteiger partial charge in [0.15, 0.2) is 0 Å². The Labute approximate surface area is 109 Å². The molecule has 2 aromatic rings. The van der Waals surface area contributed by atoms with Crippen molar-refractivity contribution in [3.05, 3.63) is 47.4 Å². The minimum atomic E-state index is -0.255. The van der Waals surface area contributed by atoms with Gasteiger partial charge in [0.05, 0.1) is 5.56 Å². The van der Waals surface area contributed by atoms with E-state index in [1.165, 1.54) is 12.4 Å². The second-order valence-electron chi connectivity index (χ2n) is 3.48. The highest BCUT2D eigenvalue weighted by atomic mass is 35.5. The molecule has 0 spiro atoms. The number of amides is 1. The van der Waals surface area contributed by atoms with Gasteiger partial charge in [-0.05, 0) is 12.1 Å². The maximum atomic E-state index is 12.1. The molecule has 1 amide bonds. The van der Waals surface area contributed by atoms with Crippen LogP contribution in [0.1, 0.15) is 10.4 Å². The van der Waals surface area contributed by atoms with Crippen LogP contribution in [0, 0.1) is 0 Å². The molecule has 1 aromatic heterocycles. The molecule has 0 saturated heterocycles. The van der Waals surface area contributed by atoms with Crippen molar-refractivity contribution in [3.8, 4) is 0 Å². The lowest BCUT2D eigenvalue weighted by Gasteiger charge is -2.08. The van der Waals surface area contributed by atoms with E-state index < -0.39 is 0 Å². The van der Waals surface area contributed by atoms with Crippen molar-refractivity contribution >= 4 is 29.0 Å².